The number of rotatable bonds is 1. The van der Waals surface area contributed by atoms with Crippen LogP contribution in [0.2, 0.25) is 0 Å². The van der Waals surface area contributed by atoms with Gasteiger partial charge < -0.3 is 4.74 Å². The van der Waals surface area contributed by atoms with Crippen LogP contribution in [0.3, 0.4) is 0 Å². The van der Waals surface area contributed by atoms with Crippen LogP contribution in [0.4, 0.5) is 0 Å². The van der Waals surface area contributed by atoms with E-state index in [0.29, 0.717) is 6.42 Å². The summed E-state index contributed by atoms with van der Waals surface area (Å²) in [6.45, 7) is 1.91. The number of carbonyl (C=O) groups is 2. The number of ketones is 1. The zero-order valence-corrected chi connectivity index (χ0v) is 6.79. The molecule has 1 aliphatic rings. The van der Waals surface area contributed by atoms with Crippen molar-refractivity contribution in [2.45, 2.75) is 19.8 Å². The molecule has 11 heavy (non-hydrogen) atoms. The molecule has 0 aliphatic heterocycles. The van der Waals surface area contributed by atoms with Crippen molar-refractivity contribution in [2.24, 2.45) is 11.8 Å². The van der Waals surface area contributed by atoms with Gasteiger partial charge in [0.15, 0.2) is 0 Å². The molecule has 62 valence electrons. The van der Waals surface area contributed by atoms with Gasteiger partial charge in [-0.1, -0.05) is 6.92 Å². The molecular formula is C8H12O3. The molecule has 3 nitrogen and oxygen atoms in total. The minimum absolute atomic E-state index is 0.0318. The summed E-state index contributed by atoms with van der Waals surface area (Å²) in [5.41, 5.74) is 0. The van der Waals surface area contributed by atoms with E-state index < -0.39 is 5.92 Å². The van der Waals surface area contributed by atoms with E-state index in [1.54, 1.807) is 0 Å². The van der Waals surface area contributed by atoms with E-state index in [0.717, 1.165) is 6.42 Å². The molecule has 0 aromatic carbocycles. The molecule has 0 radical (unpaired) electrons. The minimum atomic E-state index is -0.486. The van der Waals surface area contributed by atoms with Crippen molar-refractivity contribution in [2.75, 3.05) is 7.11 Å². The molecule has 0 N–H and O–H groups in total. The second kappa shape index (κ2) is 3.03. The molecule has 1 rings (SSSR count). The lowest BCUT2D eigenvalue weighted by Gasteiger charge is -2.09. The van der Waals surface area contributed by atoms with Crippen molar-refractivity contribution in [3.63, 3.8) is 0 Å². The Bertz CT molecular complexity index is 186. The van der Waals surface area contributed by atoms with Crippen LogP contribution in [0, 0.1) is 11.8 Å². The van der Waals surface area contributed by atoms with Gasteiger partial charge in [0.25, 0.3) is 0 Å². The highest BCUT2D eigenvalue weighted by Crippen LogP contribution is 2.28. The molecule has 0 unspecified atom stereocenters. The first kappa shape index (κ1) is 8.24. The number of ether oxygens (including phenoxy) is 1. The van der Waals surface area contributed by atoms with Crippen LogP contribution in [0.5, 0.6) is 0 Å². The zero-order valence-electron chi connectivity index (χ0n) is 6.79. The number of hydrogen-bond acceptors (Lipinski definition) is 3. The molecule has 0 saturated heterocycles. The Labute approximate surface area is 65.7 Å². The molecule has 1 aliphatic carbocycles. The molecule has 0 heterocycles. The number of esters is 1. The van der Waals surface area contributed by atoms with Crippen molar-refractivity contribution in [1.29, 1.82) is 0 Å². The fourth-order valence-electron chi connectivity index (χ4n) is 1.50. The van der Waals surface area contributed by atoms with Gasteiger partial charge in [-0.25, -0.2) is 0 Å². The molecular weight excluding hydrogens is 144 g/mol. The maximum atomic E-state index is 11.1. The van der Waals surface area contributed by atoms with E-state index in [1.165, 1.54) is 7.11 Å². The fraction of sp³-hybridized carbons (Fsp3) is 0.750. The molecule has 1 saturated carbocycles. The van der Waals surface area contributed by atoms with E-state index in [9.17, 15) is 9.59 Å². The van der Waals surface area contributed by atoms with Crippen molar-refractivity contribution in [3.8, 4) is 0 Å². The topological polar surface area (TPSA) is 43.4 Å². The Morgan fingerprint density at radius 1 is 1.64 bits per heavy atom. The number of carbonyl (C=O) groups excluding carboxylic acids is 2. The Kier molecular flexibility index (Phi) is 2.27. The number of methoxy groups -OCH3 is 1. The van der Waals surface area contributed by atoms with Gasteiger partial charge in [-0.15, -0.1) is 0 Å². The fourth-order valence-corrected chi connectivity index (χ4v) is 1.50. The highest BCUT2D eigenvalue weighted by atomic mass is 16.5. The summed E-state index contributed by atoms with van der Waals surface area (Å²) < 4.78 is 4.52. The largest absolute Gasteiger partial charge is 0.468 e. The van der Waals surface area contributed by atoms with Crippen molar-refractivity contribution in [3.05, 3.63) is 0 Å². The number of hydrogen-bond donors (Lipinski definition) is 0. The normalized spacial score (nSPS) is 30.5. The van der Waals surface area contributed by atoms with Crippen LogP contribution in [-0.4, -0.2) is 18.9 Å². The van der Waals surface area contributed by atoms with Gasteiger partial charge >= 0.3 is 5.97 Å². The third-order valence-corrected chi connectivity index (χ3v) is 2.22. The molecule has 1 fully saturated rings. The van der Waals surface area contributed by atoms with Crippen LogP contribution in [-0.2, 0) is 14.3 Å². The van der Waals surface area contributed by atoms with Gasteiger partial charge in [0, 0.05) is 6.42 Å². The first-order valence-electron chi connectivity index (χ1n) is 3.77. The van der Waals surface area contributed by atoms with Crippen LogP contribution >= 0.6 is 0 Å². The maximum absolute atomic E-state index is 11.1. The monoisotopic (exact) mass is 156 g/mol. The lowest BCUT2D eigenvalue weighted by molar-refractivity contribution is -0.149. The van der Waals surface area contributed by atoms with Gasteiger partial charge in [0.1, 0.15) is 11.7 Å². The van der Waals surface area contributed by atoms with E-state index in [2.05, 4.69) is 4.74 Å². The molecule has 0 bridgehead atoms. The minimum Gasteiger partial charge on any atom is -0.468 e. The summed E-state index contributed by atoms with van der Waals surface area (Å²) in [7, 11) is 1.32. The van der Waals surface area contributed by atoms with Gasteiger partial charge in [-0.2, -0.15) is 0 Å². The quantitative estimate of drug-likeness (QED) is 0.416. The maximum Gasteiger partial charge on any atom is 0.316 e. The van der Waals surface area contributed by atoms with E-state index >= 15 is 0 Å². The van der Waals surface area contributed by atoms with Crippen molar-refractivity contribution >= 4 is 11.8 Å². The second-order valence-corrected chi connectivity index (χ2v) is 2.98. The average molecular weight is 156 g/mol. The molecule has 2 atom stereocenters. The third-order valence-electron chi connectivity index (χ3n) is 2.22. The van der Waals surface area contributed by atoms with Crippen LogP contribution in [0.25, 0.3) is 0 Å². The lowest BCUT2D eigenvalue weighted by Crippen LogP contribution is -2.24. The standard InChI is InChI=1S/C8H12O3/c1-5-3-4-6(9)7(5)8(10)11-2/h5,7H,3-4H2,1-2H3/t5-,7+/m0/s1. The van der Waals surface area contributed by atoms with E-state index in [1.807, 2.05) is 6.92 Å². The molecule has 3 heteroatoms. The smallest absolute Gasteiger partial charge is 0.316 e. The predicted octanol–water partition coefficient (Wildman–Crippen LogP) is 0.775. The summed E-state index contributed by atoms with van der Waals surface area (Å²) >= 11 is 0. The molecule has 0 aromatic heterocycles. The Morgan fingerprint density at radius 3 is 2.64 bits per heavy atom. The Morgan fingerprint density at radius 2 is 2.27 bits per heavy atom. The summed E-state index contributed by atoms with van der Waals surface area (Å²) in [6.07, 6.45) is 1.35. The molecule has 0 spiro atoms. The summed E-state index contributed by atoms with van der Waals surface area (Å²) in [6, 6.07) is 0. The lowest BCUT2D eigenvalue weighted by atomic mass is 9.98. The van der Waals surface area contributed by atoms with Gasteiger partial charge in [-0.3, -0.25) is 9.59 Å². The molecule has 0 aromatic rings. The second-order valence-electron chi connectivity index (χ2n) is 2.98. The highest BCUT2D eigenvalue weighted by molar-refractivity contribution is 6.00. The van der Waals surface area contributed by atoms with Gasteiger partial charge in [0.05, 0.1) is 7.11 Å². The van der Waals surface area contributed by atoms with Crippen LogP contribution < -0.4 is 0 Å². The summed E-state index contributed by atoms with van der Waals surface area (Å²) in [5.74, 6) is -0.667. The SMILES string of the molecule is COC(=O)[C@H]1C(=O)CC[C@@H]1C. The zero-order chi connectivity index (χ0) is 8.43. The van der Waals surface area contributed by atoms with E-state index in [-0.39, 0.29) is 17.7 Å². The first-order valence-corrected chi connectivity index (χ1v) is 3.77. The van der Waals surface area contributed by atoms with E-state index in [4.69, 9.17) is 0 Å². The van der Waals surface area contributed by atoms with Crippen molar-refractivity contribution in [1.82, 2.24) is 0 Å². The Hall–Kier alpha value is -0.860. The predicted molar refractivity (Wildman–Crippen MR) is 38.9 cm³/mol. The highest BCUT2D eigenvalue weighted by Gasteiger charge is 2.37. The van der Waals surface area contributed by atoms with Crippen LogP contribution in [0.15, 0.2) is 0 Å². The van der Waals surface area contributed by atoms with Crippen LogP contribution in [0.1, 0.15) is 19.8 Å². The summed E-state index contributed by atoms with van der Waals surface area (Å²) in [5, 5.41) is 0. The molecule has 0 amide bonds. The Balaban J connectivity index is 2.68. The van der Waals surface area contributed by atoms with Gasteiger partial charge in [0.2, 0.25) is 0 Å². The third kappa shape index (κ3) is 1.42. The van der Waals surface area contributed by atoms with Gasteiger partial charge in [-0.05, 0) is 12.3 Å². The first-order chi connectivity index (χ1) is 5.16. The summed E-state index contributed by atoms with van der Waals surface area (Å²) in [4.78, 5) is 22.1. The average Bonchev–Trinajstić information content (AvgIpc) is 2.30. The number of Topliss-reactive ketones (excluding diaryl/α,β-unsaturated/α-hetero) is 1. The van der Waals surface area contributed by atoms with Crippen molar-refractivity contribution < 1.29 is 14.3 Å².